The Morgan fingerprint density at radius 2 is 1.84 bits per heavy atom. The van der Waals surface area contributed by atoms with Gasteiger partial charge < -0.3 is 10.1 Å². The first-order valence-electron chi connectivity index (χ1n) is 9.89. The molecule has 0 bridgehead atoms. The molecule has 1 heterocycles. The van der Waals surface area contributed by atoms with Crippen LogP contribution in [0.15, 0.2) is 77.1 Å². The molecule has 0 aliphatic carbocycles. The summed E-state index contributed by atoms with van der Waals surface area (Å²) in [5.74, 6) is -0.568. The average Bonchev–Trinajstić information content (AvgIpc) is 3.20. The van der Waals surface area contributed by atoms with Gasteiger partial charge in [0.25, 0.3) is 0 Å². The number of nitrogens with one attached hydrogen (secondary N) is 1. The number of aromatic nitrogens is 1. The number of fused-ring (bicyclic) bond motifs is 1. The monoisotopic (exact) mass is 482 g/mol. The molecular weight excluding hydrogens is 464 g/mol. The lowest BCUT2D eigenvalue weighted by Gasteiger charge is -2.16. The fourth-order valence-electron chi connectivity index (χ4n) is 3.04. The minimum absolute atomic E-state index is 0.178. The molecule has 1 amide bonds. The number of carbonyl (C=O) groups excluding carboxylic acids is 2. The molecule has 0 saturated heterocycles. The third-order valence-electron chi connectivity index (χ3n) is 4.55. The average molecular weight is 483 g/mol. The third-order valence-corrected chi connectivity index (χ3v) is 7.17. The summed E-state index contributed by atoms with van der Waals surface area (Å²) in [6.07, 6.45) is 0. The van der Waals surface area contributed by atoms with E-state index in [9.17, 15) is 9.59 Å². The molecule has 0 spiro atoms. The Balaban J connectivity index is 1.56. The highest BCUT2D eigenvalue weighted by molar-refractivity contribution is 8.02. The first-order valence-corrected chi connectivity index (χ1v) is 12.0. The van der Waals surface area contributed by atoms with Gasteiger partial charge in [-0.3, -0.25) is 4.79 Å². The standard InChI is InChI=1S/C24H19ClN2O3S2/c1-2-30-23(29)16-8-11-18(12-9-16)26-22(28)21(15-6-4-3-5-7-15)32-24-27-19-14-17(25)10-13-20(19)31-24/h3-14,21H,2H2,1H3,(H,26,28)/t21-/m1/s1. The highest BCUT2D eigenvalue weighted by Gasteiger charge is 2.24. The van der Waals surface area contributed by atoms with Crippen LogP contribution in [0.1, 0.15) is 28.1 Å². The molecule has 4 aromatic rings. The second-order valence-electron chi connectivity index (χ2n) is 6.79. The molecule has 0 saturated carbocycles. The van der Waals surface area contributed by atoms with Crippen molar-refractivity contribution in [3.63, 3.8) is 0 Å². The number of thioether (sulfide) groups is 1. The quantitative estimate of drug-likeness (QED) is 0.237. The van der Waals surface area contributed by atoms with E-state index in [1.807, 2.05) is 48.5 Å². The summed E-state index contributed by atoms with van der Waals surface area (Å²) in [7, 11) is 0. The van der Waals surface area contributed by atoms with Crippen molar-refractivity contribution >= 4 is 62.5 Å². The predicted molar refractivity (Wildman–Crippen MR) is 131 cm³/mol. The number of hydrogen-bond acceptors (Lipinski definition) is 6. The van der Waals surface area contributed by atoms with Crippen molar-refractivity contribution in [2.45, 2.75) is 16.5 Å². The number of benzene rings is 3. The number of amides is 1. The second kappa shape index (κ2) is 10.2. The molecular formula is C24H19ClN2O3S2. The van der Waals surface area contributed by atoms with Crippen LogP contribution in [-0.2, 0) is 9.53 Å². The van der Waals surface area contributed by atoms with Gasteiger partial charge in [-0.15, -0.1) is 11.3 Å². The van der Waals surface area contributed by atoms with Crippen molar-refractivity contribution in [2.24, 2.45) is 0 Å². The Hall–Kier alpha value is -2.87. The van der Waals surface area contributed by atoms with E-state index >= 15 is 0 Å². The second-order valence-corrected chi connectivity index (χ2v) is 9.61. The lowest BCUT2D eigenvalue weighted by molar-refractivity contribution is -0.115. The zero-order chi connectivity index (χ0) is 22.5. The molecule has 1 aromatic heterocycles. The summed E-state index contributed by atoms with van der Waals surface area (Å²) in [5, 5.41) is 3.07. The summed E-state index contributed by atoms with van der Waals surface area (Å²) in [6.45, 7) is 2.07. The lowest BCUT2D eigenvalue weighted by Crippen LogP contribution is -2.19. The van der Waals surface area contributed by atoms with E-state index in [0.29, 0.717) is 22.9 Å². The fraction of sp³-hybridized carbons (Fsp3) is 0.125. The number of halogens is 1. The van der Waals surface area contributed by atoms with E-state index in [4.69, 9.17) is 16.3 Å². The Kier molecular flexibility index (Phi) is 7.09. The Morgan fingerprint density at radius 3 is 2.56 bits per heavy atom. The highest BCUT2D eigenvalue weighted by Crippen LogP contribution is 2.40. The minimum Gasteiger partial charge on any atom is -0.462 e. The SMILES string of the molecule is CCOC(=O)c1ccc(NC(=O)[C@H](Sc2nc3cc(Cl)ccc3s2)c2ccccc2)cc1. The van der Waals surface area contributed by atoms with Gasteiger partial charge in [0, 0.05) is 10.7 Å². The zero-order valence-electron chi connectivity index (χ0n) is 17.1. The molecule has 4 rings (SSSR count). The first-order chi connectivity index (χ1) is 15.5. The van der Waals surface area contributed by atoms with E-state index in [1.54, 1.807) is 31.2 Å². The van der Waals surface area contributed by atoms with Crippen LogP contribution in [-0.4, -0.2) is 23.5 Å². The van der Waals surface area contributed by atoms with Crippen LogP contribution in [0.3, 0.4) is 0 Å². The molecule has 5 nitrogen and oxygen atoms in total. The molecule has 0 radical (unpaired) electrons. The maximum atomic E-state index is 13.2. The van der Waals surface area contributed by atoms with E-state index < -0.39 is 5.25 Å². The van der Waals surface area contributed by atoms with Crippen LogP contribution < -0.4 is 5.32 Å². The van der Waals surface area contributed by atoms with Gasteiger partial charge in [0.15, 0.2) is 4.34 Å². The van der Waals surface area contributed by atoms with Gasteiger partial charge in [-0.2, -0.15) is 0 Å². The Labute approximate surface area is 198 Å². The van der Waals surface area contributed by atoms with Gasteiger partial charge in [0.2, 0.25) is 5.91 Å². The van der Waals surface area contributed by atoms with Crippen molar-refractivity contribution in [3.8, 4) is 0 Å². The molecule has 1 N–H and O–H groups in total. The van der Waals surface area contributed by atoms with Crippen LogP contribution in [0.25, 0.3) is 10.2 Å². The lowest BCUT2D eigenvalue weighted by atomic mass is 10.1. The number of thiazole rings is 1. The number of esters is 1. The number of ether oxygens (including phenoxy) is 1. The molecule has 3 aromatic carbocycles. The third kappa shape index (κ3) is 5.30. The number of anilines is 1. The van der Waals surface area contributed by atoms with E-state index in [-0.39, 0.29) is 11.9 Å². The van der Waals surface area contributed by atoms with E-state index in [1.165, 1.54) is 23.1 Å². The molecule has 8 heteroatoms. The van der Waals surface area contributed by atoms with E-state index in [2.05, 4.69) is 10.3 Å². The first kappa shape index (κ1) is 22.3. The number of carbonyl (C=O) groups is 2. The van der Waals surface area contributed by atoms with Gasteiger partial charge in [-0.05, 0) is 55.0 Å². The highest BCUT2D eigenvalue weighted by atomic mass is 35.5. The van der Waals surface area contributed by atoms with Gasteiger partial charge in [0.05, 0.1) is 22.4 Å². The van der Waals surface area contributed by atoms with Crippen LogP contribution in [0, 0.1) is 0 Å². The van der Waals surface area contributed by atoms with Gasteiger partial charge >= 0.3 is 5.97 Å². The molecule has 0 fully saturated rings. The normalized spacial score (nSPS) is 11.8. The molecule has 0 aliphatic rings. The fourth-order valence-corrected chi connectivity index (χ4v) is 5.45. The van der Waals surface area contributed by atoms with Gasteiger partial charge in [0.1, 0.15) is 5.25 Å². The Bertz CT molecular complexity index is 1240. The summed E-state index contributed by atoms with van der Waals surface area (Å²) >= 11 is 9.00. The predicted octanol–water partition coefficient (Wildman–Crippen LogP) is 6.60. The van der Waals surface area contributed by atoms with Crippen molar-refractivity contribution in [1.82, 2.24) is 4.98 Å². The molecule has 0 unspecified atom stereocenters. The van der Waals surface area contributed by atoms with Crippen molar-refractivity contribution in [2.75, 3.05) is 11.9 Å². The van der Waals surface area contributed by atoms with Crippen LogP contribution in [0.2, 0.25) is 5.02 Å². The van der Waals surface area contributed by atoms with Gasteiger partial charge in [-0.1, -0.05) is 53.7 Å². The molecule has 162 valence electrons. The smallest absolute Gasteiger partial charge is 0.338 e. The topological polar surface area (TPSA) is 68.3 Å². The van der Waals surface area contributed by atoms with E-state index in [0.717, 1.165) is 20.1 Å². The van der Waals surface area contributed by atoms with Crippen molar-refractivity contribution in [3.05, 3.63) is 88.9 Å². The number of rotatable bonds is 7. The molecule has 1 atom stereocenters. The zero-order valence-corrected chi connectivity index (χ0v) is 19.5. The molecule has 32 heavy (non-hydrogen) atoms. The number of nitrogens with zero attached hydrogens (tertiary/aromatic N) is 1. The van der Waals surface area contributed by atoms with Crippen molar-refractivity contribution in [1.29, 1.82) is 0 Å². The Morgan fingerprint density at radius 1 is 1.09 bits per heavy atom. The summed E-state index contributed by atoms with van der Waals surface area (Å²) < 4.78 is 6.79. The van der Waals surface area contributed by atoms with Crippen molar-refractivity contribution < 1.29 is 14.3 Å². The molecule has 0 aliphatic heterocycles. The maximum Gasteiger partial charge on any atom is 0.338 e. The minimum atomic E-state index is -0.503. The maximum absolute atomic E-state index is 13.2. The van der Waals surface area contributed by atoms with Gasteiger partial charge in [-0.25, -0.2) is 9.78 Å². The van der Waals surface area contributed by atoms with Crippen LogP contribution >= 0.6 is 34.7 Å². The summed E-state index contributed by atoms with van der Waals surface area (Å²) in [6, 6.07) is 21.8. The van der Waals surface area contributed by atoms with Crippen LogP contribution in [0.4, 0.5) is 5.69 Å². The van der Waals surface area contributed by atoms with Crippen LogP contribution in [0.5, 0.6) is 0 Å². The summed E-state index contributed by atoms with van der Waals surface area (Å²) in [4.78, 5) is 29.7. The summed E-state index contributed by atoms with van der Waals surface area (Å²) in [5.41, 5.74) is 2.72. The number of hydrogen-bond donors (Lipinski definition) is 1. The largest absolute Gasteiger partial charge is 0.462 e.